The number of nitrogens with zero attached hydrogens (tertiary/aromatic N) is 3. The van der Waals surface area contributed by atoms with Crippen LogP contribution < -0.4 is 5.32 Å². The van der Waals surface area contributed by atoms with Crippen LogP contribution >= 0.6 is 0 Å². The van der Waals surface area contributed by atoms with Crippen LogP contribution in [0.1, 0.15) is 43.6 Å². The Kier molecular flexibility index (Phi) is 7.44. The Morgan fingerprint density at radius 1 is 1.28 bits per heavy atom. The summed E-state index contributed by atoms with van der Waals surface area (Å²) < 4.78 is 7.34. The highest BCUT2D eigenvalue weighted by Gasteiger charge is 2.22. The molecule has 1 unspecified atom stereocenters. The molecule has 0 radical (unpaired) electrons. The average Bonchev–Trinajstić information content (AvgIpc) is 2.82. The number of aryl methyl sites for hydroxylation is 2. The summed E-state index contributed by atoms with van der Waals surface area (Å²) in [6, 6.07) is 0.398. The lowest BCUT2D eigenvalue weighted by Crippen LogP contribution is -2.49. The first kappa shape index (κ1) is 19.9. The van der Waals surface area contributed by atoms with Gasteiger partial charge in [0.25, 0.3) is 0 Å². The van der Waals surface area contributed by atoms with Crippen LogP contribution in [0.25, 0.3) is 0 Å². The molecule has 0 saturated carbocycles. The first-order valence-electron chi connectivity index (χ1n) is 9.46. The van der Waals surface area contributed by atoms with Crippen LogP contribution in [0.4, 0.5) is 0 Å². The molecule has 1 saturated heterocycles. The molecule has 6 nitrogen and oxygen atoms in total. The van der Waals surface area contributed by atoms with E-state index >= 15 is 0 Å². The Hall–Kier alpha value is -1.40. The molecule has 1 aromatic heterocycles. The molecule has 2 rings (SSSR count). The number of amides is 1. The summed E-state index contributed by atoms with van der Waals surface area (Å²) in [5.41, 5.74) is 3.37. The molecular formula is C19H34N4O2. The highest BCUT2D eigenvalue weighted by Crippen LogP contribution is 2.15. The van der Waals surface area contributed by atoms with Crippen molar-refractivity contribution in [2.24, 2.45) is 13.0 Å². The van der Waals surface area contributed by atoms with Gasteiger partial charge in [0.2, 0.25) is 5.91 Å². The molecule has 1 fully saturated rings. The lowest BCUT2D eigenvalue weighted by atomic mass is 10.0. The number of carbonyl (C=O) groups is 1. The number of aromatic nitrogens is 2. The third-order valence-electron chi connectivity index (χ3n) is 5.10. The monoisotopic (exact) mass is 350 g/mol. The highest BCUT2D eigenvalue weighted by atomic mass is 16.5. The van der Waals surface area contributed by atoms with Gasteiger partial charge in [0, 0.05) is 44.8 Å². The number of hydrogen-bond donors (Lipinski definition) is 1. The fourth-order valence-corrected chi connectivity index (χ4v) is 3.59. The number of carbonyl (C=O) groups excluding carboxylic acids is 1. The standard InChI is InChI=1S/C19H34N4O2/c1-14(2)12-17(23-8-10-25-11-9-23)13-20-19(24)7-6-18-15(3)21-22(5)16(18)4/h14,17H,6-13H2,1-5H3,(H,20,24). The van der Waals surface area contributed by atoms with Crippen LogP contribution in [-0.4, -0.2) is 59.5 Å². The lowest BCUT2D eigenvalue weighted by Gasteiger charge is -2.35. The zero-order valence-corrected chi connectivity index (χ0v) is 16.5. The smallest absolute Gasteiger partial charge is 0.220 e. The Labute approximate surface area is 151 Å². The van der Waals surface area contributed by atoms with Gasteiger partial charge in [0.05, 0.1) is 18.9 Å². The van der Waals surface area contributed by atoms with Crippen LogP contribution in [0, 0.1) is 19.8 Å². The van der Waals surface area contributed by atoms with Crippen LogP contribution in [0.5, 0.6) is 0 Å². The second-order valence-electron chi connectivity index (χ2n) is 7.51. The molecule has 1 aromatic rings. The molecule has 1 amide bonds. The zero-order chi connectivity index (χ0) is 18.4. The summed E-state index contributed by atoms with van der Waals surface area (Å²) in [6.07, 6.45) is 2.37. The van der Waals surface area contributed by atoms with Gasteiger partial charge in [-0.05, 0) is 38.2 Å². The molecule has 1 aliphatic rings. The summed E-state index contributed by atoms with van der Waals surface area (Å²) in [7, 11) is 1.95. The molecule has 142 valence electrons. The summed E-state index contributed by atoms with van der Waals surface area (Å²) in [4.78, 5) is 14.8. The van der Waals surface area contributed by atoms with Crippen LogP contribution in [0.3, 0.4) is 0 Å². The molecule has 25 heavy (non-hydrogen) atoms. The Balaban J connectivity index is 1.83. The third-order valence-corrected chi connectivity index (χ3v) is 5.10. The molecule has 0 spiro atoms. The van der Waals surface area contributed by atoms with E-state index in [4.69, 9.17) is 4.74 Å². The van der Waals surface area contributed by atoms with Crippen molar-refractivity contribution in [3.05, 3.63) is 17.0 Å². The van der Waals surface area contributed by atoms with Crippen molar-refractivity contribution >= 4 is 5.91 Å². The number of hydrogen-bond acceptors (Lipinski definition) is 4. The molecule has 0 aromatic carbocycles. The molecular weight excluding hydrogens is 316 g/mol. The van der Waals surface area contributed by atoms with E-state index in [1.54, 1.807) is 0 Å². The van der Waals surface area contributed by atoms with Gasteiger partial charge in [0.15, 0.2) is 0 Å². The lowest BCUT2D eigenvalue weighted by molar-refractivity contribution is -0.121. The molecule has 2 heterocycles. The fourth-order valence-electron chi connectivity index (χ4n) is 3.59. The molecule has 0 aliphatic carbocycles. The Morgan fingerprint density at radius 2 is 1.96 bits per heavy atom. The Bertz CT molecular complexity index is 562. The van der Waals surface area contributed by atoms with Crippen molar-refractivity contribution in [3.8, 4) is 0 Å². The van der Waals surface area contributed by atoms with E-state index in [9.17, 15) is 4.79 Å². The summed E-state index contributed by atoms with van der Waals surface area (Å²) in [5.74, 6) is 0.745. The van der Waals surface area contributed by atoms with Crippen LogP contribution in [0.15, 0.2) is 0 Å². The quantitative estimate of drug-likeness (QED) is 0.777. The minimum Gasteiger partial charge on any atom is -0.379 e. The summed E-state index contributed by atoms with van der Waals surface area (Å²) >= 11 is 0. The van der Waals surface area contributed by atoms with Crippen LogP contribution in [-0.2, 0) is 23.0 Å². The van der Waals surface area contributed by atoms with Gasteiger partial charge >= 0.3 is 0 Å². The van der Waals surface area contributed by atoms with Gasteiger partial charge in [-0.25, -0.2) is 0 Å². The van der Waals surface area contributed by atoms with Gasteiger partial charge in [-0.15, -0.1) is 0 Å². The molecule has 1 atom stereocenters. The van der Waals surface area contributed by atoms with Gasteiger partial charge < -0.3 is 10.1 Å². The topological polar surface area (TPSA) is 59.4 Å². The molecule has 0 bridgehead atoms. The van der Waals surface area contributed by atoms with Gasteiger partial charge in [-0.3, -0.25) is 14.4 Å². The van der Waals surface area contributed by atoms with Crippen molar-refractivity contribution in [1.29, 1.82) is 0 Å². The first-order chi connectivity index (χ1) is 11.9. The minimum atomic E-state index is 0.129. The second-order valence-corrected chi connectivity index (χ2v) is 7.51. The number of rotatable bonds is 8. The van der Waals surface area contributed by atoms with E-state index in [0.29, 0.717) is 18.4 Å². The normalized spacial score (nSPS) is 17.0. The number of ether oxygens (including phenoxy) is 1. The van der Waals surface area contributed by atoms with Crippen LogP contribution in [0.2, 0.25) is 0 Å². The van der Waals surface area contributed by atoms with Gasteiger partial charge in [-0.2, -0.15) is 5.10 Å². The highest BCUT2D eigenvalue weighted by molar-refractivity contribution is 5.76. The second kappa shape index (κ2) is 9.34. The predicted octanol–water partition coefficient (Wildman–Crippen LogP) is 1.83. The maximum absolute atomic E-state index is 12.3. The maximum Gasteiger partial charge on any atom is 0.220 e. The minimum absolute atomic E-state index is 0.129. The maximum atomic E-state index is 12.3. The van der Waals surface area contributed by atoms with Crippen molar-refractivity contribution in [2.45, 2.75) is 53.0 Å². The third kappa shape index (κ3) is 5.82. The summed E-state index contributed by atoms with van der Waals surface area (Å²) in [6.45, 7) is 12.8. The van der Waals surface area contributed by atoms with Crippen molar-refractivity contribution in [1.82, 2.24) is 20.0 Å². The number of nitrogens with one attached hydrogen (secondary N) is 1. The van der Waals surface area contributed by atoms with E-state index in [1.165, 1.54) is 5.56 Å². The van der Waals surface area contributed by atoms with Gasteiger partial charge in [0.1, 0.15) is 0 Å². The average molecular weight is 351 g/mol. The predicted molar refractivity (Wildman–Crippen MR) is 99.6 cm³/mol. The van der Waals surface area contributed by atoms with E-state index < -0.39 is 0 Å². The van der Waals surface area contributed by atoms with E-state index in [0.717, 1.165) is 57.1 Å². The van der Waals surface area contributed by atoms with E-state index in [-0.39, 0.29) is 5.91 Å². The first-order valence-corrected chi connectivity index (χ1v) is 9.46. The SMILES string of the molecule is Cc1nn(C)c(C)c1CCC(=O)NCC(CC(C)C)N1CCOCC1. The summed E-state index contributed by atoms with van der Waals surface area (Å²) in [5, 5.41) is 7.58. The van der Waals surface area contributed by atoms with Gasteiger partial charge in [-0.1, -0.05) is 13.8 Å². The Morgan fingerprint density at radius 3 is 2.52 bits per heavy atom. The van der Waals surface area contributed by atoms with E-state index in [1.807, 2.05) is 18.7 Å². The molecule has 6 heteroatoms. The largest absolute Gasteiger partial charge is 0.379 e. The molecule has 1 aliphatic heterocycles. The van der Waals surface area contributed by atoms with Crippen molar-refractivity contribution in [2.75, 3.05) is 32.8 Å². The number of morpholine rings is 1. The van der Waals surface area contributed by atoms with E-state index in [2.05, 4.69) is 36.1 Å². The van der Waals surface area contributed by atoms with Crippen molar-refractivity contribution < 1.29 is 9.53 Å². The fraction of sp³-hybridized carbons (Fsp3) is 0.789. The molecule has 1 N–H and O–H groups in total. The van der Waals surface area contributed by atoms with Crippen molar-refractivity contribution in [3.63, 3.8) is 0 Å². The zero-order valence-electron chi connectivity index (χ0n) is 16.5.